The average Bonchev–Trinajstić information content (AvgIpc) is 3.43. The highest BCUT2D eigenvalue weighted by Crippen LogP contribution is 2.27. The topological polar surface area (TPSA) is 116 Å². The molecule has 7 nitrogen and oxygen atoms in total. The SMILES string of the molecule is Cc1cc(CCc2cccc(F)c2F)nc(C)c1-n1ncc(C(=O)c2cc3cc(F)c(N)cc3[nH]2)c1N. The first kappa shape index (κ1) is 24.1. The van der Waals surface area contributed by atoms with Crippen LogP contribution in [0.4, 0.5) is 24.7 Å². The highest BCUT2D eigenvalue weighted by Gasteiger charge is 2.22. The molecule has 0 aliphatic heterocycles. The van der Waals surface area contributed by atoms with E-state index in [9.17, 15) is 18.0 Å². The van der Waals surface area contributed by atoms with Crippen LogP contribution in [0.2, 0.25) is 0 Å². The van der Waals surface area contributed by atoms with Gasteiger partial charge in [-0.3, -0.25) is 9.78 Å². The summed E-state index contributed by atoms with van der Waals surface area (Å²) >= 11 is 0. The third kappa shape index (κ3) is 4.31. The summed E-state index contributed by atoms with van der Waals surface area (Å²) in [5, 5.41) is 4.83. The molecular formula is C27H23F3N6O. The summed E-state index contributed by atoms with van der Waals surface area (Å²) in [6, 6.07) is 10.2. The number of pyridine rings is 1. The molecule has 0 fully saturated rings. The number of hydrogen-bond acceptors (Lipinski definition) is 5. The van der Waals surface area contributed by atoms with Gasteiger partial charge in [-0.1, -0.05) is 12.1 Å². The summed E-state index contributed by atoms with van der Waals surface area (Å²) in [5.41, 5.74) is 15.9. The summed E-state index contributed by atoms with van der Waals surface area (Å²) in [5.74, 6) is -2.58. The van der Waals surface area contributed by atoms with Gasteiger partial charge < -0.3 is 16.5 Å². The fourth-order valence-corrected chi connectivity index (χ4v) is 4.51. The van der Waals surface area contributed by atoms with Crippen LogP contribution in [0.5, 0.6) is 0 Å². The Balaban J connectivity index is 1.42. The number of carbonyl (C=O) groups excluding carboxylic acids is 1. The van der Waals surface area contributed by atoms with Gasteiger partial charge in [-0.2, -0.15) is 5.10 Å². The van der Waals surface area contributed by atoms with Crippen molar-refractivity contribution in [2.75, 3.05) is 11.5 Å². The van der Waals surface area contributed by atoms with E-state index in [2.05, 4.69) is 15.1 Å². The molecule has 5 N–H and O–H groups in total. The number of nitrogens with zero attached hydrogens (tertiary/aromatic N) is 3. The second-order valence-corrected chi connectivity index (χ2v) is 8.91. The van der Waals surface area contributed by atoms with E-state index in [-0.39, 0.29) is 34.7 Å². The Morgan fingerprint density at radius 2 is 1.81 bits per heavy atom. The largest absolute Gasteiger partial charge is 0.396 e. The number of aromatic amines is 1. The van der Waals surface area contributed by atoms with Crippen LogP contribution in [-0.4, -0.2) is 25.5 Å². The Bertz CT molecular complexity index is 1630. The summed E-state index contributed by atoms with van der Waals surface area (Å²) in [6.45, 7) is 3.64. The zero-order valence-corrected chi connectivity index (χ0v) is 20.1. The van der Waals surface area contributed by atoms with Crippen LogP contribution >= 0.6 is 0 Å². The van der Waals surface area contributed by atoms with Gasteiger partial charge >= 0.3 is 0 Å². The van der Waals surface area contributed by atoms with Crippen molar-refractivity contribution in [2.24, 2.45) is 0 Å². The van der Waals surface area contributed by atoms with Crippen LogP contribution in [0.1, 0.15) is 38.6 Å². The van der Waals surface area contributed by atoms with Gasteiger partial charge in [0.2, 0.25) is 5.78 Å². The number of aromatic nitrogens is 4. The van der Waals surface area contributed by atoms with Crippen LogP contribution in [-0.2, 0) is 12.8 Å². The molecule has 10 heteroatoms. The molecule has 0 spiro atoms. The van der Waals surface area contributed by atoms with Crippen LogP contribution in [0, 0.1) is 31.3 Å². The van der Waals surface area contributed by atoms with Crippen molar-refractivity contribution < 1.29 is 18.0 Å². The van der Waals surface area contributed by atoms with E-state index in [1.54, 1.807) is 13.0 Å². The second-order valence-electron chi connectivity index (χ2n) is 8.91. The van der Waals surface area contributed by atoms with Gasteiger partial charge in [0.25, 0.3) is 0 Å². The van der Waals surface area contributed by atoms with Crippen LogP contribution in [0.25, 0.3) is 16.6 Å². The van der Waals surface area contributed by atoms with E-state index in [1.165, 1.54) is 35.1 Å². The van der Waals surface area contributed by atoms with Crippen molar-refractivity contribution in [3.05, 3.63) is 99.9 Å². The second kappa shape index (κ2) is 9.12. The van der Waals surface area contributed by atoms with Gasteiger partial charge in [0.05, 0.1) is 34.5 Å². The number of ketones is 1. The van der Waals surface area contributed by atoms with Crippen molar-refractivity contribution in [3.63, 3.8) is 0 Å². The lowest BCUT2D eigenvalue weighted by molar-refractivity contribution is 0.103. The Labute approximate surface area is 209 Å². The first-order valence-electron chi connectivity index (χ1n) is 11.5. The molecule has 0 aliphatic rings. The fraction of sp³-hybridized carbons (Fsp3) is 0.148. The average molecular weight is 505 g/mol. The quantitative estimate of drug-likeness (QED) is 0.223. The molecule has 3 aromatic heterocycles. The number of nitrogen functional groups attached to an aromatic ring is 2. The molecule has 0 atom stereocenters. The first-order valence-corrected chi connectivity index (χ1v) is 11.5. The molecule has 2 aromatic carbocycles. The zero-order chi connectivity index (χ0) is 26.4. The predicted molar refractivity (Wildman–Crippen MR) is 135 cm³/mol. The highest BCUT2D eigenvalue weighted by molar-refractivity contribution is 6.12. The van der Waals surface area contributed by atoms with Crippen LogP contribution < -0.4 is 11.5 Å². The lowest BCUT2D eigenvalue weighted by Crippen LogP contribution is -2.11. The summed E-state index contributed by atoms with van der Waals surface area (Å²) < 4.78 is 42.8. The standard InChI is InChI=1S/C27H23F3N6O/c1-13-8-17(7-6-15-4-3-5-19(28)24(15)30)34-14(2)25(13)36-27(32)18(12-33-36)26(37)23-10-16-9-20(29)21(31)11-22(16)35-23/h3-5,8-12,35H,6-7,31-32H2,1-2H3. The van der Waals surface area contributed by atoms with E-state index in [4.69, 9.17) is 11.5 Å². The maximum Gasteiger partial charge on any atom is 0.214 e. The Morgan fingerprint density at radius 3 is 2.57 bits per heavy atom. The maximum absolute atomic E-state index is 14.0. The molecule has 0 bridgehead atoms. The number of nitrogens with two attached hydrogens (primary N) is 2. The molecule has 37 heavy (non-hydrogen) atoms. The van der Waals surface area contributed by atoms with E-state index < -0.39 is 23.2 Å². The molecule has 0 radical (unpaired) electrons. The molecule has 188 valence electrons. The molecule has 0 unspecified atom stereocenters. The number of rotatable bonds is 6. The number of hydrogen-bond donors (Lipinski definition) is 3. The number of nitrogens with one attached hydrogen (secondary N) is 1. The zero-order valence-electron chi connectivity index (χ0n) is 20.1. The third-order valence-electron chi connectivity index (χ3n) is 6.34. The molecule has 0 amide bonds. The van der Waals surface area contributed by atoms with Gasteiger partial charge in [-0.25, -0.2) is 17.9 Å². The van der Waals surface area contributed by atoms with E-state index in [0.29, 0.717) is 34.4 Å². The molecule has 0 aliphatic carbocycles. The highest BCUT2D eigenvalue weighted by atomic mass is 19.2. The van der Waals surface area contributed by atoms with Crippen LogP contribution in [0.15, 0.2) is 48.7 Å². The number of halogens is 3. The van der Waals surface area contributed by atoms with Crippen molar-refractivity contribution >= 4 is 28.2 Å². The molecule has 5 aromatic rings. The smallest absolute Gasteiger partial charge is 0.214 e. The van der Waals surface area contributed by atoms with Gasteiger partial charge in [0.15, 0.2) is 11.6 Å². The van der Waals surface area contributed by atoms with E-state index >= 15 is 0 Å². The van der Waals surface area contributed by atoms with Gasteiger partial charge in [0, 0.05) is 16.6 Å². The monoisotopic (exact) mass is 504 g/mol. The first-order chi connectivity index (χ1) is 17.6. The van der Waals surface area contributed by atoms with Crippen molar-refractivity contribution in [3.8, 4) is 5.69 Å². The number of carbonyl (C=O) groups is 1. The van der Waals surface area contributed by atoms with Gasteiger partial charge in [0.1, 0.15) is 11.6 Å². The maximum atomic E-state index is 14.0. The van der Waals surface area contributed by atoms with Gasteiger partial charge in [-0.05, 0) is 68.1 Å². The Morgan fingerprint density at radius 1 is 1.03 bits per heavy atom. The summed E-state index contributed by atoms with van der Waals surface area (Å²) in [6.07, 6.45) is 2.07. The molecule has 0 saturated heterocycles. The number of aryl methyl sites for hydroxylation is 4. The van der Waals surface area contributed by atoms with Crippen LogP contribution in [0.3, 0.4) is 0 Å². The minimum absolute atomic E-state index is 0.0244. The van der Waals surface area contributed by atoms with Gasteiger partial charge in [-0.15, -0.1) is 0 Å². The Hall–Kier alpha value is -4.60. The van der Waals surface area contributed by atoms with Crippen molar-refractivity contribution in [2.45, 2.75) is 26.7 Å². The minimum Gasteiger partial charge on any atom is -0.396 e. The molecule has 5 rings (SSSR count). The number of anilines is 2. The number of H-pyrrole nitrogens is 1. The minimum atomic E-state index is -0.878. The fourth-order valence-electron chi connectivity index (χ4n) is 4.51. The molecule has 3 heterocycles. The van der Waals surface area contributed by atoms with E-state index in [1.807, 2.05) is 13.0 Å². The predicted octanol–water partition coefficient (Wildman–Crippen LogP) is 4.96. The molecule has 0 saturated carbocycles. The van der Waals surface area contributed by atoms with E-state index in [0.717, 1.165) is 11.6 Å². The Kier molecular flexibility index (Phi) is 5.94. The summed E-state index contributed by atoms with van der Waals surface area (Å²) in [7, 11) is 0. The summed E-state index contributed by atoms with van der Waals surface area (Å²) in [4.78, 5) is 20.7. The lowest BCUT2D eigenvalue weighted by atomic mass is 10.0. The van der Waals surface area contributed by atoms with Crippen molar-refractivity contribution in [1.82, 2.24) is 19.7 Å². The third-order valence-corrected chi connectivity index (χ3v) is 6.34. The number of benzene rings is 2. The lowest BCUT2D eigenvalue weighted by Gasteiger charge is -2.13. The van der Waals surface area contributed by atoms with Crippen molar-refractivity contribution in [1.29, 1.82) is 0 Å². The number of fused-ring (bicyclic) bond motifs is 1. The normalized spacial score (nSPS) is 11.4. The molecular weight excluding hydrogens is 481 g/mol.